The topological polar surface area (TPSA) is 56.7 Å². The lowest BCUT2D eigenvalue weighted by Gasteiger charge is -1.97. The van der Waals surface area contributed by atoms with Crippen molar-refractivity contribution in [1.82, 2.24) is 14.8 Å². The predicted molar refractivity (Wildman–Crippen MR) is 51.1 cm³/mol. The number of rotatable bonds is 1. The van der Waals surface area contributed by atoms with Crippen LogP contribution in [-0.4, -0.2) is 14.8 Å². The van der Waals surface area contributed by atoms with Gasteiger partial charge in [0.25, 0.3) is 0 Å². The number of pyridine rings is 1. The molecule has 0 amide bonds. The number of hydrogen-bond donors (Lipinski definition) is 1. The average molecular weight is 176 g/mol. The van der Waals surface area contributed by atoms with E-state index in [9.17, 15) is 0 Å². The molecule has 0 saturated carbocycles. The minimum atomic E-state index is 0.521. The summed E-state index contributed by atoms with van der Waals surface area (Å²) in [5.74, 6) is 0. The molecule has 0 spiro atoms. The van der Waals surface area contributed by atoms with Crippen LogP contribution in [0.15, 0.2) is 12.3 Å². The lowest BCUT2D eigenvalue weighted by atomic mass is 10.2. The first kappa shape index (κ1) is 8.19. The number of nitrogens with two attached hydrogens (primary N) is 1. The van der Waals surface area contributed by atoms with Gasteiger partial charge in [0, 0.05) is 19.8 Å². The molecule has 0 bridgehead atoms. The van der Waals surface area contributed by atoms with Gasteiger partial charge in [-0.2, -0.15) is 5.10 Å². The average Bonchev–Trinajstić information content (AvgIpc) is 2.42. The van der Waals surface area contributed by atoms with Gasteiger partial charge in [-0.3, -0.25) is 9.67 Å². The van der Waals surface area contributed by atoms with Crippen LogP contribution in [0.25, 0.3) is 11.0 Å². The van der Waals surface area contributed by atoms with Crippen molar-refractivity contribution in [3.8, 4) is 0 Å². The molecule has 0 fully saturated rings. The number of aryl methyl sites for hydroxylation is 2. The van der Waals surface area contributed by atoms with Crippen LogP contribution in [0.2, 0.25) is 0 Å². The third-order valence-corrected chi connectivity index (χ3v) is 2.15. The molecule has 4 nitrogen and oxygen atoms in total. The molecule has 0 atom stereocenters. The van der Waals surface area contributed by atoms with E-state index in [1.165, 1.54) is 0 Å². The zero-order valence-corrected chi connectivity index (χ0v) is 7.78. The van der Waals surface area contributed by atoms with Crippen LogP contribution in [-0.2, 0) is 13.6 Å². The second-order valence-corrected chi connectivity index (χ2v) is 3.12. The van der Waals surface area contributed by atoms with E-state index in [1.54, 1.807) is 6.20 Å². The van der Waals surface area contributed by atoms with Gasteiger partial charge in [-0.1, -0.05) is 0 Å². The monoisotopic (exact) mass is 176 g/mol. The summed E-state index contributed by atoms with van der Waals surface area (Å²) in [5, 5.41) is 4.28. The van der Waals surface area contributed by atoms with E-state index < -0.39 is 0 Å². The number of nitrogens with zero attached hydrogens (tertiary/aromatic N) is 3. The molecule has 0 aliphatic heterocycles. The molecule has 2 heterocycles. The Labute approximate surface area is 76.4 Å². The Hall–Kier alpha value is -1.42. The molecular weight excluding hydrogens is 164 g/mol. The summed E-state index contributed by atoms with van der Waals surface area (Å²) >= 11 is 0. The summed E-state index contributed by atoms with van der Waals surface area (Å²) in [7, 11) is 1.91. The van der Waals surface area contributed by atoms with E-state index in [0.717, 1.165) is 22.3 Å². The summed E-state index contributed by atoms with van der Waals surface area (Å²) in [4.78, 5) is 4.31. The van der Waals surface area contributed by atoms with Gasteiger partial charge in [0.1, 0.15) is 5.52 Å². The lowest BCUT2D eigenvalue weighted by Crippen LogP contribution is -1.97. The molecule has 0 unspecified atom stereocenters. The van der Waals surface area contributed by atoms with Crippen LogP contribution in [0.5, 0.6) is 0 Å². The van der Waals surface area contributed by atoms with Crippen molar-refractivity contribution in [3.63, 3.8) is 0 Å². The molecule has 4 heteroatoms. The normalized spacial score (nSPS) is 11.0. The van der Waals surface area contributed by atoms with Crippen molar-refractivity contribution >= 4 is 11.0 Å². The molecule has 0 saturated heterocycles. The number of fused-ring (bicyclic) bond motifs is 1. The molecule has 68 valence electrons. The molecule has 2 N–H and O–H groups in total. The van der Waals surface area contributed by atoms with Gasteiger partial charge < -0.3 is 5.73 Å². The van der Waals surface area contributed by atoms with Crippen molar-refractivity contribution in [2.75, 3.05) is 0 Å². The maximum Gasteiger partial charge on any atom is 0.111 e. The van der Waals surface area contributed by atoms with Gasteiger partial charge >= 0.3 is 0 Å². The second kappa shape index (κ2) is 2.81. The Morgan fingerprint density at radius 3 is 3.00 bits per heavy atom. The van der Waals surface area contributed by atoms with Gasteiger partial charge in [-0.25, -0.2) is 0 Å². The number of hydrogen-bond acceptors (Lipinski definition) is 3. The fourth-order valence-electron chi connectivity index (χ4n) is 1.46. The summed E-state index contributed by atoms with van der Waals surface area (Å²) in [5.41, 5.74) is 9.53. The van der Waals surface area contributed by atoms with Crippen molar-refractivity contribution in [3.05, 3.63) is 23.5 Å². The quantitative estimate of drug-likeness (QED) is 0.697. The highest BCUT2D eigenvalue weighted by Crippen LogP contribution is 2.15. The molecule has 0 aliphatic rings. The molecule has 2 rings (SSSR count). The zero-order chi connectivity index (χ0) is 9.42. The van der Waals surface area contributed by atoms with E-state index in [2.05, 4.69) is 10.1 Å². The maximum absolute atomic E-state index is 5.53. The van der Waals surface area contributed by atoms with Crippen LogP contribution < -0.4 is 5.73 Å². The Morgan fingerprint density at radius 2 is 2.31 bits per heavy atom. The summed E-state index contributed by atoms with van der Waals surface area (Å²) < 4.78 is 1.83. The van der Waals surface area contributed by atoms with Crippen LogP contribution >= 0.6 is 0 Å². The van der Waals surface area contributed by atoms with Gasteiger partial charge in [0.05, 0.1) is 11.2 Å². The van der Waals surface area contributed by atoms with Gasteiger partial charge in [0.15, 0.2) is 0 Å². The molecule has 2 aromatic heterocycles. The maximum atomic E-state index is 5.53. The van der Waals surface area contributed by atoms with Crippen molar-refractivity contribution in [2.45, 2.75) is 13.5 Å². The smallest absolute Gasteiger partial charge is 0.111 e. The lowest BCUT2D eigenvalue weighted by molar-refractivity contribution is 0.782. The second-order valence-electron chi connectivity index (χ2n) is 3.12. The molecular formula is C9H12N4. The SMILES string of the molecule is Cc1nn(C)c2cc(CN)cnc12. The molecule has 0 aromatic carbocycles. The van der Waals surface area contributed by atoms with Crippen molar-refractivity contribution in [1.29, 1.82) is 0 Å². The summed E-state index contributed by atoms with van der Waals surface area (Å²) in [6.07, 6.45) is 1.80. The zero-order valence-electron chi connectivity index (χ0n) is 7.78. The van der Waals surface area contributed by atoms with Crippen molar-refractivity contribution < 1.29 is 0 Å². The third kappa shape index (κ3) is 1.19. The van der Waals surface area contributed by atoms with E-state index in [0.29, 0.717) is 6.54 Å². The summed E-state index contributed by atoms with van der Waals surface area (Å²) in [6, 6.07) is 2.03. The van der Waals surface area contributed by atoms with Crippen LogP contribution in [0.3, 0.4) is 0 Å². The van der Waals surface area contributed by atoms with Gasteiger partial charge in [-0.15, -0.1) is 0 Å². The number of aromatic nitrogens is 3. The first-order chi connectivity index (χ1) is 6.22. The Kier molecular flexibility index (Phi) is 1.77. The predicted octanol–water partition coefficient (Wildman–Crippen LogP) is 0.735. The van der Waals surface area contributed by atoms with E-state index in [1.807, 2.05) is 24.7 Å². The van der Waals surface area contributed by atoms with Crippen LogP contribution in [0.1, 0.15) is 11.3 Å². The van der Waals surface area contributed by atoms with E-state index in [4.69, 9.17) is 5.73 Å². The molecule has 0 radical (unpaired) electrons. The highest BCUT2D eigenvalue weighted by atomic mass is 15.3. The van der Waals surface area contributed by atoms with Crippen LogP contribution in [0.4, 0.5) is 0 Å². The Balaban J connectivity index is 2.76. The van der Waals surface area contributed by atoms with Gasteiger partial charge in [0.2, 0.25) is 0 Å². The molecule has 2 aromatic rings. The standard InChI is InChI=1S/C9H12N4/c1-6-9-8(13(2)12-6)3-7(4-10)5-11-9/h3,5H,4,10H2,1-2H3. The van der Waals surface area contributed by atoms with Crippen molar-refractivity contribution in [2.24, 2.45) is 12.8 Å². The minimum Gasteiger partial charge on any atom is -0.326 e. The Bertz CT molecular complexity index is 444. The largest absolute Gasteiger partial charge is 0.326 e. The first-order valence-corrected chi connectivity index (χ1v) is 4.20. The van der Waals surface area contributed by atoms with Gasteiger partial charge in [-0.05, 0) is 18.6 Å². The highest BCUT2D eigenvalue weighted by molar-refractivity contribution is 5.77. The fourth-order valence-corrected chi connectivity index (χ4v) is 1.46. The summed E-state index contributed by atoms with van der Waals surface area (Å²) in [6.45, 7) is 2.48. The third-order valence-electron chi connectivity index (χ3n) is 2.15. The highest BCUT2D eigenvalue weighted by Gasteiger charge is 2.05. The van der Waals surface area contributed by atoms with E-state index in [-0.39, 0.29) is 0 Å². The molecule has 0 aliphatic carbocycles. The van der Waals surface area contributed by atoms with Crippen LogP contribution in [0, 0.1) is 6.92 Å². The first-order valence-electron chi connectivity index (χ1n) is 4.20. The van der Waals surface area contributed by atoms with E-state index >= 15 is 0 Å². The fraction of sp³-hybridized carbons (Fsp3) is 0.333. The Morgan fingerprint density at radius 1 is 1.54 bits per heavy atom. The molecule has 13 heavy (non-hydrogen) atoms. The minimum absolute atomic E-state index is 0.521.